The quantitative estimate of drug-likeness (QED) is 0.684. The average molecular weight is 231 g/mol. The van der Waals surface area contributed by atoms with E-state index in [1.165, 1.54) is 13.3 Å². The van der Waals surface area contributed by atoms with Crippen molar-refractivity contribution in [3.8, 4) is 0 Å². The van der Waals surface area contributed by atoms with Crippen LogP contribution >= 0.6 is 15.9 Å². The van der Waals surface area contributed by atoms with Crippen LogP contribution in [0.25, 0.3) is 0 Å². The largest absolute Gasteiger partial charge is 0.464 e. The Hall–Kier alpha value is -0.970. The Morgan fingerprint density at radius 1 is 1.67 bits per heavy atom. The Bertz CT molecular complexity index is 314. The van der Waals surface area contributed by atoms with Gasteiger partial charge >= 0.3 is 5.97 Å². The number of ether oxygens (including phenoxy) is 1. The van der Waals surface area contributed by atoms with Crippen molar-refractivity contribution in [1.29, 1.82) is 0 Å². The molecule has 0 amide bonds. The van der Waals surface area contributed by atoms with Crippen LogP contribution in [0, 0.1) is 6.92 Å². The van der Waals surface area contributed by atoms with E-state index in [1.54, 1.807) is 6.92 Å². The van der Waals surface area contributed by atoms with E-state index in [1.807, 2.05) is 0 Å². The highest BCUT2D eigenvalue weighted by molar-refractivity contribution is 9.10. The number of esters is 1. The lowest BCUT2D eigenvalue weighted by atomic mass is 10.4. The molecule has 12 heavy (non-hydrogen) atoms. The number of aromatic nitrogens is 2. The standard InChI is InChI=1S/C7H7BrN2O2/c1-4-6(8)9-3-5(10-4)7(11)12-2/h3H,1-2H3. The Morgan fingerprint density at radius 2 is 2.33 bits per heavy atom. The molecule has 0 saturated carbocycles. The first-order valence-electron chi connectivity index (χ1n) is 3.22. The minimum Gasteiger partial charge on any atom is -0.464 e. The molecule has 0 spiro atoms. The Balaban J connectivity index is 3.05. The van der Waals surface area contributed by atoms with Crippen molar-refractivity contribution in [2.24, 2.45) is 0 Å². The lowest BCUT2D eigenvalue weighted by Gasteiger charge is -1.99. The van der Waals surface area contributed by atoms with Gasteiger partial charge in [-0.15, -0.1) is 0 Å². The second-order valence-corrected chi connectivity index (χ2v) is 2.87. The van der Waals surface area contributed by atoms with Gasteiger partial charge in [0.25, 0.3) is 0 Å². The second-order valence-electron chi connectivity index (χ2n) is 2.12. The van der Waals surface area contributed by atoms with Gasteiger partial charge in [0.15, 0.2) is 5.69 Å². The summed E-state index contributed by atoms with van der Waals surface area (Å²) in [5.41, 5.74) is 0.885. The van der Waals surface area contributed by atoms with Crippen LogP contribution in [0.2, 0.25) is 0 Å². The summed E-state index contributed by atoms with van der Waals surface area (Å²) in [5, 5.41) is 0. The molecule has 1 rings (SSSR count). The number of carbonyl (C=O) groups excluding carboxylic acids is 1. The van der Waals surface area contributed by atoms with E-state index in [0.717, 1.165) is 0 Å². The van der Waals surface area contributed by atoms with E-state index in [2.05, 4.69) is 30.6 Å². The van der Waals surface area contributed by atoms with Crippen LogP contribution in [0.1, 0.15) is 16.2 Å². The van der Waals surface area contributed by atoms with Gasteiger partial charge in [-0.05, 0) is 22.9 Å². The smallest absolute Gasteiger partial charge is 0.358 e. The van der Waals surface area contributed by atoms with Crippen LogP contribution in [0.3, 0.4) is 0 Å². The van der Waals surface area contributed by atoms with Crippen LogP contribution in [0.15, 0.2) is 10.8 Å². The van der Waals surface area contributed by atoms with Gasteiger partial charge in [-0.1, -0.05) is 0 Å². The minimum absolute atomic E-state index is 0.221. The van der Waals surface area contributed by atoms with E-state index in [4.69, 9.17) is 0 Å². The monoisotopic (exact) mass is 230 g/mol. The van der Waals surface area contributed by atoms with Crippen molar-refractivity contribution in [3.63, 3.8) is 0 Å². The Morgan fingerprint density at radius 3 is 2.83 bits per heavy atom. The fourth-order valence-electron chi connectivity index (χ4n) is 0.670. The first kappa shape index (κ1) is 9.12. The predicted molar refractivity (Wildman–Crippen MR) is 45.8 cm³/mol. The van der Waals surface area contributed by atoms with E-state index < -0.39 is 5.97 Å². The third kappa shape index (κ3) is 1.79. The maximum absolute atomic E-state index is 10.9. The molecule has 0 fully saturated rings. The molecule has 0 aliphatic heterocycles. The molecule has 0 radical (unpaired) electrons. The highest BCUT2D eigenvalue weighted by atomic mass is 79.9. The Labute approximate surface area is 78.1 Å². The summed E-state index contributed by atoms with van der Waals surface area (Å²) >= 11 is 3.17. The zero-order valence-electron chi connectivity index (χ0n) is 6.67. The molecule has 0 aromatic carbocycles. The Kier molecular flexibility index (Phi) is 2.75. The van der Waals surface area contributed by atoms with E-state index in [-0.39, 0.29) is 5.69 Å². The molecular formula is C7H7BrN2O2. The molecule has 0 atom stereocenters. The molecule has 0 unspecified atom stereocenters. The number of hydrogen-bond donors (Lipinski definition) is 0. The number of nitrogens with zero attached hydrogens (tertiary/aromatic N) is 2. The van der Waals surface area contributed by atoms with Crippen molar-refractivity contribution in [2.45, 2.75) is 6.92 Å². The number of carbonyl (C=O) groups is 1. The van der Waals surface area contributed by atoms with Gasteiger partial charge in [0, 0.05) is 0 Å². The molecule has 0 aliphatic rings. The number of hydrogen-bond acceptors (Lipinski definition) is 4. The minimum atomic E-state index is -0.474. The lowest BCUT2D eigenvalue weighted by molar-refractivity contribution is 0.0593. The summed E-state index contributed by atoms with van der Waals surface area (Å²) < 4.78 is 5.11. The van der Waals surface area contributed by atoms with Crippen molar-refractivity contribution in [3.05, 3.63) is 22.2 Å². The molecule has 1 aromatic heterocycles. The molecular weight excluding hydrogens is 224 g/mol. The first-order valence-corrected chi connectivity index (χ1v) is 4.02. The topological polar surface area (TPSA) is 52.1 Å². The van der Waals surface area contributed by atoms with Gasteiger partial charge in [-0.3, -0.25) is 0 Å². The third-order valence-electron chi connectivity index (χ3n) is 1.28. The lowest BCUT2D eigenvalue weighted by Crippen LogP contribution is -2.06. The van der Waals surface area contributed by atoms with Gasteiger partial charge < -0.3 is 4.74 Å². The predicted octanol–water partition coefficient (Wildman–Crippen LogP) is 1.33. The molecule has 0 saturated heterocycles. The SMILES string of the molecule is COC(=O)c1cnc(Br)c(C)n1. The van der Waals surface area contributed by atoms with E-state index >= 15 is 0 Å². The average Bonchev–Trinajstić information content (AvgIpc) is 2.08. The molecule has 1 aromatic rings. The van der Waals surface area contributed by atoms with Crippen LogP contribution < -0.4 is 0 Å². The van der Waals surface area contributed by atoms with Gasteiger partial charge in [-0.25, -0.2) is 14.8 Å². The number of rotatable bonds is 1. The van der Waals surface area contributed by atoms with Crippen LogP contribution in [0.5, 0.6) is 0 Å². The van der Waals surface area contributed by atoms with Crippen LogP contribution in [0.4, 0.5) is 0 Å². The molecule has 0 bridgehead atoms. The van der Waals surface area contributed by atoms with Crippen molar-refractivity contribution in [2.75, 3.05) is 7.11 Å². The summed E-state index contributed by atoms with van der Waals surface area (Å²) in [7, 11) is 1.31. The zero-order chi connectivity index (χ0) is 9.14. The fourth-order valence-corrected chi connectivity index (χ4v) is 0.861. The molecule has 5 heteroatoms. The molecule has 4 nitrogen and oxygen atoms in total. The number of aryl methyl sites for hydroxylation is 1. The summed E-state index contributed by atoms with van der Waals surface area (Å²) in [6.07, 6.45) is 1.36. The van der Waals surface area contributed by atoms with Gasteiger partial charge in [-0.2, -0.15) is 0 Å². The number of methoxy groups -OCH3 is 1. The van der Waals surface area contributed by atoms with Gasteiger partial charge in [0.05, 0.1) is 19.0 Å². The van der Waals surface area contributed by atoms with Crippen molar-refractivity contribution >= 4 is 21.9 Å². The summed E-state index contributed by atoms with van der Waals surface area (Å²) in [6, 6.07) is 0. The molecule has 0 N–H and O–H groups in total. The van der Waals surface area contributed by atoms with Crippen molar-refractivity contribution in [1.82, 2.24) is 9.97 Å². The fraction of sp³-hybridized carbons (Fsp3) is 0.286. The van der Waals surface area contributed by atoms with Crippen LogP contribution in [-0.4, -0.2) is 23.0 Å². The molecule has 1 heterocycles. The maximum Gasteiger partial charge on any atom is 0.358 e. The first-order chi connectivity index (χ1) is 5.65. The summed E-state index contributed by atoms with van der Waals surface area (Å²) in [5.74, 6) is -0.474. The summed E-state index contributed by atoms with van der Waals surface area (Å²) in [6.45, 7) is 1.75. The van der Waals surface area contributed by atoms with Gasteiger partial charge in [0.1, 0.15) is 4.60 Å². The van der Waals surface area contributed by atoms with E-state index in [0.29, 0.717) is 10.3 Å². The second kappa shape index (κ2) is 3.62. The third-order valence-corrected chi connectivity index (χ3v) is 2.06. The zero-order valence-corrected chi connectivity index (χ0v) is 8.25. The van der Waals surface area contributed by atoms with E-state index in [9.17, 15) is 4.79 Å². The molecule has 0 aliphatic carbocycles. The highest BCUT2D eigenvalue weighted by Crippen LogP contribution is 2.09. The maximum atomic E-state index is 10.9. The number of halogens is 1. The van der Waals surface area contributed by atoms with Gasteiger partial charge in [0.2, 0.25) is 0 Å². The van der Waals surface area contributed by atoms with Crippen molar-refractivity contribution < 1.29 is 9.53 Å². The highest BCUT2D eigenvalue weighted by Gasteiger charge is 2.08. The van der Waals surface area contributed by atoms with Crippen LogP contribution in [-0.2, 0) is 4.74 Å². The summed E-state index contributed by atoms with van der Waals surface area (Å²) in [4.78, 5) is 18.8. The molecule has 64 valence electrons. The normalized spacial score (nSPS) is 9.58.